The highest BCUT2D eigenvalue weighted by atomic mass is 14.3. The molecule has 0 saturated heterocycles. The molecule has 0 amide bonds. The first-order chi connectivity index (χ1) is 5.29. The van der Waals surface area contributed by atoms with Gasteiger partial charge in [-0.25, -0.2) is 0 Å². The first-order valence-electron chi connectivity index (χ1n) is 3.42. The fourth-order valence-corrected chi connectivity index (χ4v) is 0.757. The lowest BCUT2D eigenvalue weighted by Crippen LogP contribution is -1.85. The molecule has 0 fully saturated rings. The molecule has 0 unspecified atom stereocenters. The summed E-state index contributed by atoms with van der Waals surface area (Å²) in [6, 6.07) is 0. The number of hydrogen-bond donors (Lipinski definition) is 1. The quantitative estimate of drug-likeness (QED) is 0.467. The van der Waals surface area contributed by atoms with Crippen LogP contribution in [0, 0.1) is 5.41 Å². The second kappa shape index (κ2) is 5.42. The first-order valence-corrected chi connectivity index (χ1v) is 3.42. The van der Waals surface area contributed by atoms with Gasteiger partial charge in [0.25, 0.3) is 0 Å². The van der Waals surface area contributed by atoms with E-state index >= 15 is 0 Å². The van der Waals surface area contributed by atoms with Crippen molar-refractivity contribution >= 4 is 6.21 Å². The lowest BCUT2D eigenvalue weighted by atomic mass is 10.1. The number of nitrogens with one attached hydrogen (secondary N) is 1. The van der Waals surface area contributed by atoms with Gasteiger partial charge in [0, 0.05) is 6.21 Å². The van der Waals surface area contributed by atoms with E-state index in [9.17, 15) is 0 Å². The van der Waals surface area contributed by atoms with Crippen LogP contribution in [0.2, 0.25) is 0 Å². The molecule has 0 aliphatic rings. The van der Waals surface area contributed by atoms with E-state index in [0.29, 0.717) is 0 Å². The van der Waals surface area contributed by atoms with Crippen molar-refractivity contribution in [2.24, 2.45) is 0 Å². The van der Waals surface area contributed by atoms with Crippen LogP contribution < -0.4 is 0 Å². The van der Waals surface area contributed by atoms with Crippen molar-refractivity contribution in [2.75, 3.05) is 0 Å². The topological polar surface area (TPSA) is 23.9 Å². The van der Waals surface area contributed by atoms with Gasteiger partial charge >= 0.3 is 0 Å². The van der Waals surface area contributed by atoms with Gasteiger partial charge < -0.3 is 5.41 Å². The van der Waals surface area contributed by atoms with Gasteiger partial charge in [0.2, 0.25) is 0 Å². The second-order valence-electron chi connectivity index (χ2n) is 1.95. The molecule has 58 valence electrons. The third kappa shape index (κ3) is 2.80. The average molecular weight is 147 g/mol. The zero-order valence-corrected chi connectivity index (χ0v) is 6.80. The van der Waals surface area contributed by atoms with Crippen molar-refractivity contribution in [2.45, 2.75) is 6.92 Å². The molecule has 0 saturated carbocycles. The summed E-state index contributed by atoms with van der Waals surface area (Å²) < 4.78 is 0. The molecule has 0 aromatic heterocycles. The smallest absolute Gasteiger partial charge is 0.0256 e. The molecule has 0 aliphatic heterocycles. The number of allylic oxidation sites excluding steroid dienone is 6. The minimum Gasteiger partial charge on any atom is -0.308 e. The van der Waals surface area contributed by atoms with E-state index in [-0.39, 0.29) is 0 Å². The largest absolute Gasteiger partial charge is 0.308 e. The molecule has 0 aromatic carbocycles. The van der Waals surface area contributed by atoms with Gasteiger partial charge in [-0.3, -0.25) is 0 Å². The van der Waals surface area contributed by atoms with Crippen LogP contribution in [0.25, 0.3) is 0 Å². The Balaban J connectivity index is 4.75. The van der Waals surface area contributed by atoms with Crippen LogP contribution in [0.4, 0.5) is 0 Å². The molecule has 0 aromatic rings. The van der Waals surface area contributed by atoms with Crippen LogP contribution in [0.3, 0.4) is 0 Å². The van der Waals surface area contributed by atoms with Crippen LogP contribution in [-0.4, -0.2) is 6.21 Å². The molecule has 0 atom stereocenters. The summed E-state index contributed by atoms with van der Waals surface area (Å²) in [5.41, 5.74) is 1.79. The highest BCUT2D eigenvalue weighted by molar-refractivity contribution is 5.84. The van der Waals surface area contributed by atoms with Crippen LogP contribution in [0.1, 0.15) is 6.92 Å². The molecular formula is C10H13N. The third-order valence-electron chi connectivity index (χ3n) is 1.32. The van der Waals surface area contributed by atoms with Crippen molar-refractivity contribution < 1.29 is 0 Å². The molecular weight excluding hydrogens is 134 g/mol. The summed E-state index contributed by atoms with van der Waals surface area (Å²) in [6.07, 6.45) is 8.36. The Morgan fingerprint density at radius 2 is 1.91 bits per heavy atom. The van der Waals surface area contributed by atoms with Gasteiger partial charge in [0.05, 0.1) is 0 Å². The standard InChI is InChI=1S/C10H13N/c1-4-7-10(8-11)9(5-2)6-3/h4-8,11H,1-2H2,3H3/b9-6-,10-7-,11-8?. The van der Waals surface area contributed by atoms with Gasteiger partial charge in [-0.15, -0.1) is 0 Å². The third-order valence-corrected chi connectivity index (χ3v) is 1.32. The fraction of sp³-hybridized carbons (Fsp3) is 0.100. The van der Waals surface area contributed by atoms with Crippen molar-refractivity contribution in [1.82, 2.24) is 0 Å². The maximum atomic E-state index is 7.07. The Morgan fingerprint density at radius 1 is 1.27 bits per heavy atom. The van der Waals surface area contributed by atoms with E-state index in [1.807, 2.05) is 13.0 Å². The molecule has 0 heterocycles. The molecule has 0 aliphatic carbocycles. The summed E-state index contributed by atoms with van der Waals surface area (Å²) in [4.78, 5) is 0. The van der Waals surface area contributed by atoms with Crippen molar-refractivity contribution in [1.29, 1.82) is 5.41 Å². The van der Waals surface area contributed by atoms with Crippen LogP contribution in [0.5, 0.6) is 0 Å². The summed E-state index contributed by atoms with van der Waals surface area (Å²) in [5, 5.41) is 7.07. The Hall–Kier alpha value is -1.37. The Labute approximate surface area is 68.0 Å². The van der Waals surface area contributed by atoms with E-state index in [4.69, 9.17) is 5.41 Å². The molecule has 1 heteroatoms. The number of rotatable bonds is 4. The van der Waals surface area contributed by atoms with Crippen molar-refractivity contribution in [3.05, 3.63) is 48.6 Å². The van der Waals surface area contributed by atoms with Crippen LogP contribution in [-0.2, 0) is 0 Å². The van der Waals surface area contributed by atoms with Gasteiger partial charge in [0.1, 0.15) is 0 Å². The molecule has 0 rings (SSSR count). The van der Waals surface area contributed by atoms with Gasteiger partial charge in [-0.05, 0) is 18.1 Å². The zero-order chi connectivity index (χ0) is 8.69. The maximum absolute atomic E-state index is 7.07. The summed E-state index contributed by atoms with van der Waals surface area (Å²) in [7, 11) is 0. The van der Waals surface area contributed by atoms with Crippen LogP contribution in [0.15, 0.2) is 48.6 Å². The summed E-state index contributed by atoms with van der Waals surface area (Å²) in [5.74, 6) is 0. The van der Waals surface area contributed by atoms with Gasteiger partial charge in [-0.2, -0.15) is 0 Å². The van der Waals surface area contributed by atoms with Crippen LogP contribution >= 0.6 is 0 Å². The molecule has 0 radical (unpaired) electrons. The normalized spacial score (nSPS) is 12.5. The average Bonchev–Trinajstić information content (AvgIpc) is 2.05. The van der Waals surface area contributed by atoms with E-state index in [1.165, 1.54) is 6.21 Å². The minimum atomic E-state index is 0.831. The van der Waals surface area contributed by atoms with Gasteiger partial charge in [-0.1, -0.05) is 37.5 Å². The molecule has 0 bridgehead atoms. The summed E-state index contributed by atoms with van der Waals surface area (Å²) in [6.45, 7) is 9.11. The van der Waals surface area contributed by atoms with Crippen molar-refractivity contribution in [3.8, 4) is 0 Å². The molecule has 1 N–H and O–H groups in total. The fourth-order valence-electron chi connectivity index (χ4n) is 0.757. The predicted octanol–water partition coefficient (Wildman–Crippen LogP) is 2.88. The highest BCUT2D eigenvalue weighted by Gasteiger charge is 1.93. The Kier molecular flexibility index (Phi) is 4.74. The second-order valence-corrected chi connectivity index (χ2v) is 1.95. The van der Waals surface area contributed by atoms with E-state index < -0.39 is 0 Å². The monoisotopic (exact) mass is 147 g/mol. The molecule has 0 spiro atoms. The SMILES string of the molecule is C=C/C=C(C=N)\C(C=C)=C/C. The summed E-state index contributed by atoms with van der Waals surface area (Å²) >= 11 is 0. The van der Waals surface area contributed by atoms with E-state index in [0.717, 1.165) is 11.1 Å². The maximum Gasteiger partial charge on any atom is 0.0256 e. The predicted molar refractivity (Wildman–Crippen MR) is 51.0 cm³/mol. The first kappa shape index (κ1) is 9.63. The van der Waals surface area contributed by atoms with E-state index in [2.05, 4.69) is 13.2 Å². The Morgan fingerprint density at radius 3 is 2.18 bits per heavy atom. The Bertz CT molecular complexity index is 219. The highest BCUT2D eigenvalue weighted by Crippen LogP contribution is 2.07. The zero-order valence-electron chi connectivity index (χ0n) is 6.80. The lowest BCUT2D eigenvalue weighted by molar-refractivity contribution is 1.50. The van der Waals surface area contributed by atoms with E-state index in [1.54, 1.807) is 18.2 Å². The molecule has 1 nitrogen and oxygen atoms in total. The molecule has 11 heavy (non-hydrogen) atoms. The lowest BCUT2D eigenvalue weighted by Gasteiger charge is -1.98. The van der Waals surface area contributed by atoms with Gasteiger partial charge in [0.15, 0.2) is 0 Å². The minimum absolute atomic E-state index is 0.831. The van der Waals surface area contributed by atoms with Crippen molar-refractivity contribution in [3.63, 3.8) is 0 Å². The number of hydrogen-bond acceptors (Lipinski definition) is 1.